The Labute approximate surface area is 103 Å². The molecule has 0 aliphatic carbocycles. The van der Waals surface area contributed by atoms with Crippen molar-refractivity contribution in [3.63, 3.8) is 0 Å². The number of aromatic amines is 1. The van der Waals surface area contributed by atoms with E-state index in [1.54, 1.807) is 30.5 Å². The first-order valence-electron chi connectivity index (χ1n) is 5.53. The van der Waals surface area contributed by atoms with Gasteiger partial charge in [-0.2, -0.15) is 0 Å². The number of aromatic nitrogens is 1. The molecule has 0 unspecified atom stereocenters. The number of carbonyl (C=O) groups excluding carboxylic acids is 2. The van der Waals surface area contributed by atoms with Crippen LogP contribution in [0.15, 0.2) is 34.9 Å². The van der Waals surface area contributed by atoms with Crippen LogP contribution in [-0.2, 0) is 6.42 Å². The summed E-state index contributed by atoms with van der Waals surface area (Å²) in [6, 6.07) is 6.58. The van der Waals surface area contributed by atoms with E-state index in [9.17, 15) is 9.59 Å². The van der Waals surface area contributed by atoms with E-state index in [-0.39, 0.29) is 5.76 Å². The third-order valence-electron chi connectivity index (χ3n) is 2.37. The second kappa shape index (κ2) is 5.22. The van der Waals surface area contributed by atoms with Gasteiger partial charge in [0.15, 0.2) is 5.76 Å². The molecule has 0 atom stereocenters. The molecule has 0 fully saturated rings. The SMILES string of the molecule is CCc1ccc(C(=O)NNC(=O)c2ccc[nH]2)o1. The second-order valence-corrected chi connectivity index (χ2v) is 3.61. The number of carbonyl (C=O) groups is 2. The minimum atomic E-state index is -0.491. The monoisotopic (exact) mass is 247 g/mol. The topological polar surface area (TPSA) is 87.1 Å². The van der Waals surface area contributed by atoms with Crippen molar-refractivity contribution in [3.8, 4) is 0 Å². The maximum atomic E-state index is 11.6. The molecule has 6 nitrogen and oxygen atoms in total. The number of hydrazine groups is 1. The van der Waals surface area contributed by atoms with Crippen LogP contribution in [0.3, 0.4) is 0 Å². The van der Waals surface area contributed by atoms with Gasteiger partial charge in [-0.15, -0.1) is 0 Å². The van der Waals surface area contributed by atoms with Crippen LogP contribution in [0.2, 0.25) is 0 Å². The first-order chi connectivity index (χ1) is 8.70. The number of rotatable bonds is 3. The zero-order valence-electron chi connectivity index (χ0n) is 9.82. The van der Waals surface area contributed by atoms with Crippen molar-refractivity contribution >= 4 is 11.8 Å². The molecule has 2 amide bonds. The van der Waals surface area contributed by atoms with Crippen LogP contribution in [0, 0.1) is 0 Å². The van der Waals surface area contributed by atoms with Gasteiger partial charge in [0, 0.05) is 12.6 Å². The van der Waals surface area contributed by atoms with Gasteiger partial charge in [-0.3, -0.25) is 20.4 Å². The number of H-pyrrole nitrogens is 1. The summed E-state index contributed by atoms with van der Waals surface area (Å²) >= 11 is 0. The lowest BCUT2D eigenvalue weighted by atomic mass is 10.3. The van der Waals surface area contributed by atoms with Crippen LogP contribution in [-0.4, -0.2) is 16.8 Å². The lowest BCUT2D eigenvalue weighted by Gasteiger charge is -2.04. The van der Waals surface area contributed by atoms with Crippen LogP contribution in [0.1, 0.15) is 33.7 Å². The van der Waals surface area contributed by atoms with Crippen molar-refractivity contribution in [2.24, 2.45) is 0 Å². The van der Waals surface area contributed by atoms with E-state index >= 15 is 0 Å². The molecule has 3 N–H and O–H groups in total. The van der Waals surface area contributed by atoms with Gasteiger partial charge >= 0.3 is 5.91 Å². The van der Waals surface area contributed by atoms with E-state index in [4.69, 9.17) is 4.42 Å². The lowest BCUT2D eigenvalue weighted by Crippen LogP contribution is -2.41. The van der Waals surface area contributed by atoms with Gasteiger partial charge in [-0.1, -0.05) is 6.92 Å². The summed E-state index contributed by atoms with van der Waals surface area (Å²) in [5, 5.41) is 0. The van der Waals surface area contributed by atoms with E-state index in [1.807, 2.05) is 6.92 Å². The second-order valence-electron chi connectivity index (χ2n) is 3.61. The van der Waals surface area contributed by atoms with Crippen molar-refractivity contribution in [3.05, 3.63) is 47.7 Å². The van der Waals surface area contributed by atoms with Crippen molar-refractivity contribution < 1.29 is 14.0 Å². The van der Waals surface area contributed by atoms with E-state index in [1.165, 1.54) is 0 Å². The Balaban J connectivity index is 1.90. The van der Waals surface area contributed by atoms with Crippen LogP contribution < -0.4 is 10.9 Å². The van der Waals surface area contributed by atoms with Gasteiger partial charge < -0.3 is 9.40 Å². The van der Waals surface area contributed by atoms with E-state index in [0.29, 0.717) is 12.1 Å². The molecule has 2 aromatic rings. The molecule has 2 aromatic heterocycles. The van der Waals surface area contributed by atoms with Crippen molar-refractivity contribution in [2.45, 2.75) is 13.3 Å². The van der Waals surface area contributed by atoms with Crippen LogP contribution in [0.4, 0.5) is 0 Å². The largest absolute Gasteiger partial charge is 0.456 e. The molecule has 0 radical (unpaired) electrons. The minimum Gasteiger partial charge on any atom is -0.456 e. The minimum absolute atomic E-state index is 0.165. The van der Waals surface area contributed by atoms with E-state index < -0.39 is 11.8 Å². The predicted molar refractivity (Wildman–Crippen MR) is 63.8 cm³/mol. The summed E-state index contributed by atoms with van der Waals surface area (Å²) in [7, 11) is 0. The molecule has 0 aliphatic rings. The van der Waals surface area contributed by atoms with Gasteiger partial charge in [-0.05, 0) is 24.3 Å². The third kappa shape index (κ3) is 2.60. The summed E-state index contributed by atoms with van der Waals surface area (Å²) in [5.41, 5.74) is 4.92. The molecule has 94 valence electrons. The summed E-state index contributed by atoms with van der Waals surface area (Å²) in [6.45, 7) is 1.92. The Morgan fingerprint density at radius 3 is 2.61 bits per heavy atom. The zero-order chi connectivity index (χ0) is 13.0. The molecule has 6 heteroatoms. The van der Waals surface area contributed by atoms with E-state index in [2.05, 4.69) is 15.8 Å². The average Bonchev–Trinajstić information content (AvgIpc) is 3.05. The van der Waals surface area contributed by atoms with Crippen molar-refractivity contribution in [1.82, 2.24) is 15.8 Å². The zero-order valence-corrected chi connectivity index (χ0v) is 9.82. The molecular formula is C12H13N3O3. The van der Waals surface area contributed by atoms with Crippen LogP contribution in [0.25, 0.3) is 0 Å². The van der Waals surface area contributed by atoms with Gasteiger partial charge in [0.05, 0.1) is 0 Å². The number of furan rings is 1. The molecule has 2 heterocycles. The van der Waals surface area contributed by atoms with Crippen molar-refractivity contribution in [2.75, 3.05) is 0 Å². The Hall–Kier alpha value is -2.50. The third-order valence-corrected chi connectivity index (χ3v) is 2.37. The molecule has 18 heavy (non-hydrogen) atoms. The first kappa shape index (κ1) is 12.0. The van der Waals surface area contributed by atoms with Gasteiger partial charge in [-0.25, -0.2) is 0 Å². The highest BCUT2D eigenvalue weighted by atomic mass is 16.4. The smallest absolute Gasteiger partial charge is 0.305 e. The first-order valence-corrected chi connectivity index (χ1v) is 5.53. The maximum Gasteiger partial charge on any atom is 0.305 e. The Morgan fingerprint density at radius 2 is 2.00 bits per heavy atom. The molecule has 2 rings (SSSR count). The Morgan fingerprint density at radius 1 is 1.22 bits per heavy atom. The Bertz CT molecular complexity index is 543. The van der Waals surface area contributed by atoms with Crippen molar-refractivity contribution in [1.29, 1.82) is 0 Å². The van der Waals surface area contributed by atoms with E-state index in [0.717, 1.165) is 5.76 Å². The van der Waals surface area contributed by atoms with Gasteiger partial charge in [0.1, 0.15) is 11.5 Å². The quantitative estimate of drug-likeness (QED) is 0.713. The summed E-state index contributed by atoms with van der Waals surface area (Å²) in [6.07, 6.45) is 2.33. The lowest BCUT2D eigenvalue weighted by molar-refractivity contribution is 0.0828. The summed E-state index contributed by atoms with van der Waals surface area (Å²) in [4.78, 5) is 25.9. The summed E-state index contributed by atoms with van der Waals surface area (Å²) < 4.78 is 5.25. The molecule has 0 aromatic carbocycles. The number of amides is 2. The van der Waals surface area contributed by atoms with Crippen LogP contribution >= 0.6 is 0 Å². The van der Waals surface area contributed by atoms with Gasteiger partial charge in [0.25, 0.3) is 5.91 Å². The molecule has 0 bridgehead atoms. The summed E-state index contributed by atoms with van der Waals surface area (Å²) in [5.74, 6) is -0.0280. The predicted octanol–water partition coefficient (Wildman–Crippen LogP) is 1.24. The van der Waals surface area contributed by atoms with Crippen LogP contribution in [0.5, 0.6) is 0 Å². The molecule has 0 aliphatic heterocycles. The molecule has 0 saturated heterocycles. The highest BCUT2D eigenvalue weighted by molar-refractivity contribution is 5.96. The number of hydrogen-bond donors (Lipinski definition) is 3. The highest BCUT2D eigenvalue weighted by Gasteiger charge is 2.12. The average molecular weight is 247 g/mol. The van der Waals surface area contributed by atoms with Gasteiger partial charge in [0.2, 0.25) is 0 Å². The fraction of sp³-hybridized carbons (Fsp3) is 0.167. The maximum absolute atomic E-state index is 11.6. The standard InChI is InChI=1S/C12H13N3O3/c1-2-8-5-6-10(18-8)12(17)15-14-11(16)9-4-3-7-13-9/h3-7,13H,2H2,1H3,(H,14,16)(H,15,17). The fourth-order valence-electron chi connectivity index (χ4n) is 1.40. The number of hydrogen-bond acceptors (Lipinski definition) is 3. The molecule has 0 spiro atoms. The highest BCUT2D eigenvalue weighted by Crippen LogP contribution is 2.07. The Kier molecular flexibility index (Phi) is 3.47. The number of aryl methyl sites for hydroxylation is 1. The fourth-order valence-corrected chi connectivity index (χ4v) is 1.40. The molecule has 0 saturated carbocycles. The molecular weight excluding hydrogens is 234 g/mol. The normalized spacial score (nSPS) is 10.1. The number of nitrogens with one attached hydrogen (secondary N) is 3.